The lowest BCUT2D eigenvalue weighted by atomic mass is 10.2. The molecular weight excluding hydrogens is 368 g/mol. The zero-order valence-corrected chi connectivity index (χ0v) is 15.5. The summed E-state index contributed by atoms with van der Waals surface area (Å²) in [6, 6.07) is 9.98. The van der Waals surface area contributed by atoms with E-state index in [2.05, 4.69) is 5.32 Å². The van der Waals surface area contributed by atoms with Crippen molar-refractivity contribution in [3.05, 3.63) is 58.1 Å². The predicted octanol–water partition coefficient (Wildman–Crippen LogP) is 3.19. The molecule has 0 heterocycles. The molecule has 1 N–H and O–H groups in total. The van der Waals surface area contributed by atoms with Gasteiger partial charge in [0.25, 0.3) is 11.6 Å². The quantitative estimate of drug-likeness (QED) is 0.398. The van der Waals surface area contributed by atoms with Crippen LogP contribution in [0, 0.1) is 10.1 Å². The molecule has 0 saturated carbocycles. The fourth-order valence-electron chi connectivity index (χ4n) is 2.29. The Kier molecular flexibility index (Phi) is 7.32. The van der Waals surface area contributed by atoms with Gasteiger partial charge in [-0.15, -0.1) is 0 Å². The maximum atomic E-state index is 12.0. The Balaban J connectivity index is 1.96. The third kappa shape index (κ3) is 5.70. The third-order valence-electron chi connectivity index (χ3n) is 3.45. The first-order valence-electron chi connectivity index (χ1n) is 8.55. The number of nitrogens with one attached hydrogen (secondary N) is 1. The van der Waals surface area contributed by atoms with E-state index in [0.29, 0.717) is 30.4 Å². The Morgan fingerprint density at radius 3 is 2.43 bits per heavy atom. The van der Waals surface area contributed by atoms with Crippen LogP contribution in [0.3, 0.4) is 0 Å². The molecule has 0 radical (unpaired) electrons. The third-order valence-corrected chi connectivity index (χ3v) is 3.45. The molecule has 0 aromatic heterocycles. The number of rotatable bonds is 9. The summed E-state index contributed by atoms with van der Waals surface area (Å²) < 4.78 is 15.8. The molecule has 2 aromatic rings. The first kappa shape index (κ1) is 20.7. The molecule has 0 fully saturated rings. The van der Waals surface area contributed by atoms with Gasteiger partial charge in [-0.2, -0.15) is 0 Å². The summed E-state index contributed by atoms with van der Waals surface area (Å²) in [5.74, 6) is -0.360. The van der Waals surface area contributed by atoms with Gasteiger partial charge in [0.05, 0.1) is 23.7 Å². The van der Waals surface area contributed by atoms with E-state index in [1.807, 2.05) is 13.8 Å². The van der Waals surface area contributed by atoms with Crippen molar-refractivity contribution in [3.8, 4) is 11.5 Å². The number of nitro groups is 1. The maximum Gasteiger partial charge on any atom is 0.338 e. The van der Waals surface area contributed by atoms with Crippen molar-refractivity contribution in [1.29, 1.82) is 0 Å². The second-order valence-corrected chi connectivity index (χ2v) is 5.46. The molecule has 28 heavy (non-hydrogen) atoms. The van der Waals surface area contributed by atoms with Crippen LogP contribution >= 0.6 is 0 Å². The Bertz CT molecular complexity index is 867. The number of carbonyl (C=O) groups is 2. The van der Waals surface area contributed by atoms with Crippen molar-refractivity contribution < 1.29 is 28.7 Å². The highest BCUT2D eigenvalue weighted by Gasteiger charge is 2.15. The highest BCUT2D eigenvalue weighted by Crippen LogP contribution is 2.30. The van der Waals surface area contributed by atoms with E-state index in [1.54, 1.807) is 18.2 Å². The SMILES string of the molecule is CCOc1ccc(NC(=O)COC(=O)c2cccc([N+](=O)[O-])c2)cc1OCC. The van der Waals surface area contributed by atoms with Gasteiger partial charge in [-0.05, 0) is 32.0 Å². The van der Waals surface area contributed by atoms with Crippen molar-refractivity contribution in [1.82, 2.24) is 0 Å². The average Bonchev–Trinajstić information content (AvgIpc) is 2.68. The molecule has 0 unspecified atom stereocenters. The minimum atomic E-state index is -0.833. The fourth-order valence-corrected chi connectivity index (χ4v) is 2.29. The van der Waals surface area contributed by atoms with Crippen molar-refractivity contribution in [2.45, 2.75) is 13.8 Å². The van der Waals surface area contributed by atoms with Crippen LogP contribution < -0.4 is 14.8 Å². The minimum Gasteiger partial charge on any atom is -0.490 e. The Morgan fingerprint density at radius 1 is 1.04 bits per heavy atom. The summed E-state index contributed by atoms with van der Waals surface area (Å²) >= 11 is 0. The standard InChI is InChI=1S/C19H20N2O7/c1-3-26-16-9-8-14(11-17(16)27-4-2)20-18(22)12-28-19(23)13-6-5-7-15(10-13)21(24)25/h5-11H,3-4,12H2,1-2H3,(H,20,22). The molecule has 0 spiro atoms. The van der Waals surface area contributed by atoms with E-state index in [-0.39, 0.29) is 11.3 Å². The van der Waals surface area contributed by atoms with Gasteiger partial charge in [-0.1, -0.05) is 6.07 Å². The Labute approximate surface area is 161 Å². The van der Waals surface area contributed by atoms with Crippen LogP contribution in [0.15, 0.2) is 42.5 Å². The van der Waals surface area contributed by atoms with Gasteiger partial charge in [-0.3, -0.25) is 14.9 Å². The number of nitrogens with zero attached hydrogens (tertiary/aromatic N) is 1. The van der Waals surface area contributed by atoms with E-state index in [0.717, 1.165) is 6.07 Å². The number of benzene rings is 2. The minimum absolute atomic E-state index is 0.0123. The van der Waals surface area contributed by atoms with Gasteiger partial charge in [-0.25, -0.2) is 4.79 Å². The number of nitro benzene ring substituents is 1. The summed E-state index contributed by atoms with van der Waals surface area (Å²) in [5.41, 5.74) is 0.196. The number of non-ortho nitro benzene ring substituents is 1. The van der Waals surface area contributed by atoms with Gasteiger partial charge >= 0.3 is 5.97 Å². The van der Waals surface area contributed by atoms with E-state index >= 15 is 0 Å². The van der Waals surface area contributed by atoms with Crippen LogP contribution in [-0.4, -0.2) is 36.6 Å². The van der Waals surface area contributed by atoms with Crippen LogP contribution in [0.25, 0.3) is 0 Å². The van der Waals surface area contributed by atoms with Crippen LogP contribution in [-0.2, 0) is 9.53 Å². The van der Waals surface area contributed by atoms with E-state index in [1.165, 1.54) is 18.2 Å². The zero-order chi connectivity index (χ0) is 20.5. The highest BCUT2D eigenvalue weighted by atomic mass is 16.6. The Hall–Kier alpha value is -3.62. The maximum absolute atomic E-state index is 12.0. The van der Waals surface area contributed by atoms with Crippen molar-refractivity contribution >= 4 is 23.3 Å². The number of hydrogen-bond acceptors (Lipinski definition) is 7. The normalized spacial score (nSPS) is 10.1. The molecule has 148 valence electrons. The lowest BCUT2D eigenvalue weighted by Crippen LogP contribution is -2.21. The Morgan fingerprint density at radius 2 is 1.75 bits per heavy atom. The van der Waals surface area contributed by atoms with Gasteiger partial charge in [0, 0.05) is 23.9 Å². The van der Waals surface area contributed by atoms with Gasteiger partial charge in [0.1, 0.15) is 0 Å². The summed E-state index contributed by atoms with van der Waals surface area (Å²) in [4.78, 5) is 34.1. The first-order chi connectivity index (χ1) is 13.4. The van der Waals surface area contributed by atoms with Crippen LogP contribution in [0.2, 0.25) is 0 Å². The summed E-state index contributed by atoms with van der Waals surface area (Å²) in [7, 11) is 0. The van der Waals surface area contributed by atoms with Gasteiger partial charge in [0.2, 0.25) is 0 Å². The number of esters is 1. The number of hydrogen-bond donors (Lipinski definition) is 1. The molecule has 9 nitrogen and oxygen atoms in total. The van der Waals surface area contributed by atoms with Crippen molar-refractivity contribution in [2.75, 3.05) is 25.1 Å². The fraction of sp³-hybridized carbons (Fsp3) is 0.263. The highest BCUT2D eigenvalue weighted by molar-refractivity contribution is 5.95. The smallest absolute Gasteiger partial charge is 0.338 e. The molecule has 1 amide bonds. The molecule has 0 aliphatic rings. The topological polar surface area (TPSA) is 117 Å². The molecule has 0 bridgehead atoms. The summed E-state index contributed by atoms with van der Waals surface area (Å²) in [6.07, 6.45) is 0. The predicted molar refractivity (Wildman–Crippen MR) is 101 cm³/mol. The van der Waals surface area contributed by atoms with E-state index in [4.69, 9.17) is 14.2 Å². The number of carbonyl (C=O) groups excluding carboxylic acids is 2. The van der Waals surface area contributed by atoms with Crippen LogP contribution in [0.1, 0.15) is 24.2 Å². The number of amides is 1. The van der Waals surface area contributed by atoms with Crippen molar-refractivity contribution in [2.24, 2.45) is 0 Å². The summed E-state index contributed by atoms with van der Waals surface area (Å²) in [6.45, 7) is 4.03. The molecule has 2 rings (SSSR count). The number of ether oxygens (including phenoxy) is 3. The monoisotopic (exact) mass is 388 g/mol. The summed E-state index contributed by atoms with van der Waals surface area (Å²) in [5, 5.41) is 13.3. The molecule has 2 aromatic carbocycles. The van der Waals surface area contributed by atoms with E-state index in [9.17, 15) is 19.7 Å². The molecular formula is C19H20N2O7. The molecule has 0 aliphatic carbocycles. The molecule has 0 atom stereocenters. The second kappa shape index (κ2) is 9.91. The van der Waals surface area contributed by atoms with Crippen molar-refractivity contribution in [3.63, 3.8) is 0 Å². The van der Waals surface area contributed by atoms with Crippen LogP contribution in [0.5, 0.6) is 11.5 Å². The largest absolute Gasteiger partial charge is 0.490 e. The van der Waals surface area contributed by atoms with Gasteiger partial charge < -0.3 is 19.5 Å². The first-order valence-corrected chi connectivity index (χ1v) is 8.55. The molecule has 0 aliphatic heterocycles. The lowest BCUT2D eigenvalue weighted by molar-refractivity contribution is -0.384. The van der Waals surface area contributed by atoms with E-state index < -0.39 is 23.4 Å². The van der Waals surface area contributed by atoms with Crippen LogP contribution in [0.4, 0.5) is 11.4 Å². The molecule has 9 heteroatoms. The average molecular weight is 388 g/mol. The van der Waals surface area contributed by atoms with Gasteiger partial charge in [0.15, 0.2) is 18.1 Å². The molecule has 0 saturated heterocycles. The number of anilines is 1. The zero-order valence-electron chi connectivity index (χ0n) is 15.5. The second-order valence-electron chi connectivity index (χ2n) is 5.46. The lowest BCUT2D eigenvalue weighted by Gasteiger charge is -2.13.